The van der Waals surface area contributed by atoms with E-state index >= 15 is 0 Å². The summed E-state index contributed by atoms with van der Waals surface area (Å²) in [6, 6.07) is 1.57. The number of nitrogens with one attached hydrogen (secondary N) is 1. The molecular formula is C17H34N2. The van der Waals surface area contributed by atoms with Crippen LogP contribution in [0.15, 0.2) is 0 Å². The van der Waals surface area contributed by atoms with Gasteiger partial charge in [-0.2, -0.15) is 0 Å². The zero-order valence-corrected chi connectivity index (χ0v) is 13.7. The molecule has 0 spiro atoms. The van der Waals surface area contributed by atoms with Crippen molar-refractivity contribution in [2.45, 2.75) is 84.3 Å². The zero-order chi connectivity index (χ0) is 14.0. The normalized spacial score (nSPS) is 36.6. The van der Waals surface area contributed by atoms with Gasteiger partial charge < -0.3 is 5.32 Å². The number of piperazine rings is 1. The molecule has 0 aromatic heterocycles. The van der Waals surface area contributed by atoms with Crippen LogP contribution >= 0.6 is 0 Å². The Morgan fingerprint density at radius 1 is 1.21 bits per heavy atom. The molecule has 1 N–H and O–H groups in total. The Morgan fingerprint density at radius 2 is 1.89 bits per heavy atom. The zero-order valence-electron chi connectivity index (χ0n) is 13.7. The fourth-order valence-corrected chi connectivity index (χ4v) is 4.21. The first-order chi connectivity index (χ1) is 8.94. The highest BCUT2D eigenvalue weighted by atomic mass is 15.3. The summed E-state index contributed by atoms with van der Waals surface area (Å²) >= 11 is 0. The fourth-order valence-electron chi connectivity index (χ4n) is 4.21. The van der Waals surface area contributed by atoms with Crippen molar-refractivity contribution in [2.24, 2.45) is 11.8 Å². The Hall–Kier alpha value is -0.0800. The summed E-state index contributed by atoms with van der Waals surface area (Å²) in [5, 5.41) is 3.75. The third-order valence-electron chi connectivity index (χ3n) is 5.38. The molecule has 2 rings (SSSR count). The minimum Gasteiger partial charge on any atom is -0.309 e. The highest BCUT2D eigenvalue weighted by Crippen LogP contribution is 2.35. The molecule has 1 aliphatic carbocycles. The van der Waals surface area contributed by atoms with Gasteiger partial charge in [-0.25, -0.2) is 0 Å². The minimum absolute atomic E-state index is 0.279. The summed E-state index contributed by atoms with van der Waals surface area (Å²) in [6.45, 7) is 14.3. The van der Waals surface area contributed by atoms with Gasteiger partial charge in [0.05, 0.1) is 0 Å². The van der Waals surface area contributed by atoms with E-state index in [2.05, 4.69) is 44.8 Å². The van der Waals surface area contributed by atoms with Gasteiger partial charge in [0, 0.05) is 30.7 Å². The van der Waals surface area contributed by atoms with Crippen molar-refractivity contribution in [1.29, 1.82) is 0 Å². The first-order valence-corrected chi connectivity index (χ1v) is 8.45. The van der Waals surface area contributed by atoms with E-state index in [-0.39, 0.29) is 5.54 Å². The smallest absolute Gasteiger partial charge is 0.0253 e. The monoisotopic (exact) mass is 266 g/mol. The fraction of sp³-hybridized carbons (Fsp3) is 1.00. The molecule has 0 aromatic rings. The van der Waals surface area contributed by atoms with Crippen LogP contribution in [-0.2, 0) is 0 Å². The standard InChI is InChI=1S/C17H34N2/c1-6-14-9-7-8-10-15(14)19-12-17(4,5)18-11-16(19)13(2)3/h13-16,18H,6-12H2,1-5H3. The third kappa shape index (κ3) is 3.52. The molecule has 2 fully saturated rings. The summed E-state index contributed by atoms with van der Waals surface area (Å²) in [4.78, 5) is 2.88. The van der Waals surface area contributed by atoms with Crippen molar-refractivity contribution in [1.82, 2.24) is 10.2 Å². The number of rotatable bonds is 3. The van der Waals surface area contributed by atoms with Crippen LogP contribution in [0.3, 0.4) is 0 Å². The molecule has 1 heterocycles. The van der Waals surface area contributed by atoms with Crippen LogP contribution in [0.2, 0.25) is 0 Å². The maximum atomic E-state index is 3.75. The Kier molecular flexibility index (Phi) is 4.94. The molecule has 1 aliphatic heterocycles. The van der Waals surface area contributed by atoms with Crippen LogP contribution in [0.5, 0.6) is 0 Å². The lowest BCUT2D eigenvalue weighted by atomic mass is 9.79. The van der Waals surface area contributed by atoms with Gasteiger partial charge in [-0.1, -0.05) is 40.0 Å². The lowest BCUT2D eigenvalue weighted by molar-refractivity contribution is -0.00629. The molecule has 3 unspecified atom stereocenters. The predicted molar refractivity (Wildman–Crippen MR) is 83.5 cm³/mol. The SMILES string of the molecule is CCC1CCCCC1N1CC(C)(C)NCC1C(C)C. The second-order valence-corrected chi connectivity index (χ2v) is 7.77. The van der Waals surface area contributed by atoms with E-state index in [4.69, 9.17) is 0 Å². The first-order valence-electron chi connectivity index (χ1n) is 8.45. The van der Waals surface area contributed by atoms with Crippen LogP contribution in [-0.4, -0.2) is 35.6 Å². The van der Waals surface area contributed by atoms with Gasteiger partial charge in [0.2, 0.25) is 0 Å². The largest absolute Gasteiger partial charge is 0.309 e. The van der Waals surface area contributed by atoms with Crippen molar-refractivity contribution < 1.29 is 0 Å². The molecule has 2 heteroatoms. The van der Waals surface area contributed by atoms with Gasteiger partial charge in [0.25, 0.3) is 0 Å². The van der Waals surface area contributed by atoms with Gasteiger partial charge in [-0.15, -0.1) is 0 Å². The number of hydrogen-bond acceptors (Lipinski definition) is 2. The molecule has 19 heavy (non-hydrogen) atoms. The Labute approximate surface area is 120 Å². The highest BCUT2D eigenvalue weighted by molar-refractivity contribution is 4.98. The van der Waals surface area contributed by atoms with E-state index in [1.807, 2.05) is 0 Å². The summed E-state index contributed by atoms with van der Waals surface area (Å²) in [6.07, 6.45) is 7.14. The number of nitrogens with zero attached hydrogens (tertiary/aromatic N) is 1. The second-order valence-electron chi connectivity index (χ2n) is 7.77. The average molecular weight is 266 g/mol. The topological polar surface area (TPSA) is 15.3 Å². The van der Waals surface area contributed by atoms with Crippen molar-refractivity contribution in [3.05, 3.63) is 0 Å². The molecule has 112 valence electrons. The van der Waals surface area contributed by atoms with E-state index in [0.717, 1.165) is 30.5 Å². The van der Waals surface area contributed by atoms with Crippen LogP contribution in [0, 0.1) is 11.8 Å². The Balaban J connectivity index is 2.15. The summed E-state index contributed by atoms with van der Waals surface area (Å²) in [7, 11) is 0. The van der Waals surface area contributed by atoms with Crippen molar-refractivity contribution in [3.63, 3.8) is 0 Å². The quantitative estimate of drug-likeness (QED) is 0.838. The van der Waals surface area contributed by atoms with E-state index in [1.54, 1.807) is 0 Å². The molecule has 0 aromatic carbocycles. The first kappa shape index (κ1) is 15.3. The van der Waals surface area contributed by atoms with Crippen molar-refractivity contribution >= 4 is 0 Å². The molecule has 1 saturated heterocycles. The Bertz CT molecular complexity index is 285. The minimum atomic E-state index is 0.279. The second kappa shape index (κ2) is 6.13. The molecule has 2 nitrogen and oxygen atoms in total. The van der Waals surface area contributed by atoms with Crippen LogP contribution in [0.25, 0.3) is 0 Å². The van der Waals surface area contributed by atoms with Gasteiger partial charge >= 0.3 is 0 Å². The van der Waals surface area contributed by atoms with E-state index in [9.17, 15) is 0 Å². The molecule has 1 saturated carbocycles. The van der Waals surface area contributed by atoms with Crippen LogP contribution < -0.4 is 5.32 Å². The average Bonchev–Trinajstić information content (AvgIpc) is 2.37. The molecule has 0 radical (unpaired) electrons. The van der Waals surface area contributed by atoms with E-state index < -0.39 is 0 Å². The van der Waals surface area contributed by atoms with Gasteiger partial charge in [0.15, 0.2) is 0 Å². The molecule has 2 aliphatic rings. The predicted octanol–water partition coefficient (Wildman–Crippen LogP) is 3.66. The third-order valence-corrected chi connectivity index (χ3v) is 5.38. The van der Waals surface area contributed by atoms with Crippen LogP contribution in [0.1, 0.15) is 66.7 Å². The summed E-state index contributed by atoms with van der Waals surface area (Å²) < 4.78 is 0. The van der Waals surface area contributed by atoms with E-state index in [1.165, 1.54) is 38.6 Å². The maximum Gasteiger partial charge on any atom is 0.0253 e. The molecular weight excluding hydrogens is 232 g/mol. The lowest BCUT2D eigenvalue weighted by Crippen LogP contribution is -2.66. The van der Waals surface area contributed by atoms with Gasteiger partial charge in [0.1, 0.15) is 0 Å². The molecule has 3 atom stereocenters. The summed E-state index contributed by atoms with van der Waals surface area (Å²) in [5.74, 6) is 1.69. The van der Waals surface area contributed by atoms with Crippen molar-refractivity contribution in [3.8, 4) is 0 Å². The Morgan fingerprint density at radius 3 is 2.53 bits per heavy atom. The van der Waals surface area contributed by atoms with Gasteiger partial charge in [-0.3, -0.25) is 4.90 Å². The maximum absolute atomic E-state index is 3.75. The molecule has 0 bridgehead atoms. The van der Waals surface area contributed by atoms with Gasteiger partial charge in [-0.05, 0) is 38.5 Å². The summed E-state index contributed by atoms with van der Waals surface area (Å²) in [5.41, 5.74) is 0.279. The number of hydrogen-bond donors (Lipinski definition) is 1. The highest BCUT2D eigenvalue weighted by Gasteiger charge is 2.40. The van der Waals surface area contributed by atoms with E-state index in [0.29, 0.717) is 0 Å². The lowest BCUT2D eigenvalue weighted by Gasteiger charge is -2.52. The molecule has 0 amide bonds. The van der Waals surface area contributed by atoms with Crippen LogP contribution in [0.4, 0.5) is 0 Å². The van der Waals surface area contributed by atoms with Crippen molar-refractivity contribution in [2.75, 3.05) is 13.1 Å².